The number of carbonyl (C=O) groups is 1. The maximum atomic E-state index is 12.8. The topological polar surface area (TPSA) is 66.5 Å². The lowest BCUT2D eigenvalue weighted by Gasteiger charge is -2.19. The second-order valence-electron chi connectivity index (χ2n) is 5.96. The van der Waals surface area contributed by atoms with E-state index in [4.69, 9.17) is 11.6 Å². The molecule has 26 heavy (non-hydrogen) atoms. The van der Waals surface area contributed by atoms with Gasteiger partial charge in [0.2, 0.25) is 10.0 Å². The Morgan fingerprint density at radius 2 is 1.65 bits per heavy atom. The molecule has 1 amide bonds. The largest absolute Gasteiger partial charge is 0.322 e. The Bertz CT molecular complexity index is 902. The predicted molar refractivity (Wildman–Crippen MR) is 105 cm³/mol. The van der Waals surface area contributed by atoms with E-state index < -0.39 is 10.0 Å². The minimum Gasteiger partial charge on any atom is -0.322 e. The number of sulfonamides is 1. The zero-order chi connectivity index (χ0) is 19.5. The quantitative estimate of drug-likeness (QED) is 0.796. The number of halogens is 1. The van der Waals surface area contributed by atoms with E-state index in [1.54, 1.807) is 13.8 Å². The van der Waals surface area contributed by atoms with Crippen LogP contribution in [0.2, 0.25) is 5.02 Å². The fourth-order valence-electron chi connectivity index (χ4n) is 2.74. The molecular weight excluding hydrogens is 372 g/mol. The molecule has 0 aromatic heterocycles. The molecule has 2 rings (SSSR count). The first-order chi connectivity index (χ1) is 12.2. The number of nitrogens with zero attached hydrogens (tertiary/aromatic N) is 1. The van der Waals surface area contributed by atoms with Crippen molar-refractivity contribution in [3.63, 3.8) is 0 Å². The molecule has 0 aliphatic rings. The van der Waals surface area contributed by atoms with Crippen molar-refractivity contribution in [3.8, 4) is 0 Å². The fraction of sp³-hybridized carbons (Fsp3) is 0.316. The van der Waals surface area contributed by atoms with Crippen molar-refractivity contribution in [2.75, 3.05) is 18.4 Å². The fourth-order valence-corrected chi connectivity index (χ4v) is 4.70. The summed E-state index contributed by atoms with van der Waals surface area (Å²) in [6, 6.07) is 10.0. The molecule has 2 aromatic carbocycles. The van der Waals surface area contributed by atoms with Gasteiger partial charge >= 0.3 is 0 Å². The van der Waals surface area contributed by atoms with Gasteiger partial charge in [-0.1, -0.05) is 43.6 Å². The lowest BCUT2D eigenvalue weighted by atomic mass is 10.1. The van der Waals surface area contributed by atoms with Gasteiger partial charge in [-0.15, -0.1) is 0 Å². The van der Waals surface area contributed by atoms with Gasteiger partial charge in [0, 0.05) is 24.3 Å². The van der Waals surface area contributed by atoms with Crippen molar-refractivity contribution >= 4 is 33.2 Å². The number of hydrogen-bond acceptors (Lipinski definition) is 3. The first kappa shape index (κ1) is 20.4. The summed E-state index contributed by atoms with van der Waals surface area (Å²) in [7, 11) is -3.76. The van der Waals surface area contributed by atoms with Gasteiger partial charge in [0.1, 0.15) is 4.90 Å². The van der Waals surface area contributed by atoms with E-state index in [0.29, 0.717) is 13.1 Å². The molecule has 0 radical (unpaired) electrons. The summed E-state index contributed by atoms with van der Waals surface area (Å²) in [6.07, 6.45) is 0. The normalized spacial score (nSPS) is 11.6. The second kappa shape index (κ2) is 8.20. The number of hydrogen-bond donors (Lipinski definition) is 1. The molecule has 2 aromatic rings. The highest BCUT2D eigenvalue weighted by atomic mass is 35.5. The maximum Gasteiger partial charge on any atom is 0.255 e. The number of para-hydroxylation sites is 1. The van der Waals surface area contributed by atoms with Crippen LogP contribution < -0.4 is 5.32 Å². The van der Waals surface area contributed by atoms with Crippen molar-refractivity contribution in [2.45, 2.75) is 32.6 Å². The number of anilines is 1. The van der Waals surface area contributed by atoms with Gasteiger partial charge in [0.05, 0.1) is 5.02 Å². The van der Waals surface area contributed by atoms with Crippen LogP contribution in [0.1, 0.15) is 35.3 Å². The van der Waals surface area contributed by atoms with E-state index in [2.05, 4.69) is 5.32 Å². The lowest BCUT2D eigenvalue weighted by Crippen LogP contribution is -2.31. The van der Waals surface area contributed by atoms with E-state index in [0.717, 1.165) is 16.8 Å². The van der Waals surface area contributed by atoms with Crippen molar-refractivity contribution < 1.29 is 13.2 Å². The summed E-state index contributed by atoms with van der Waals surface area (Å²) in [5, 5.41) is 2.96. The van der Waals surface area contributed by atoms with Crippen molar-refractivity contribution in [3.05, 3.63) is 58.1 Å². The average molecular weight is 395 g/mol. The first-order valence-electron chi connectivity index (χ1n) is 8.39. The van der Waals surface area contributed by atoms with Crippen LogP contribution in [-0.4, -0.2) is 31.7 Å². The molecule has 140 valence electrons. The van der Waals surface area contributed by atoms with E-state index in [9.17, 15) is 13.2 Å². The molecule has 0 heterocycles. The summed E-state index contributed by atoms with van der Waals surface area (Å²) in [4.78, 5) is 12.6. The number of aryl methyl sites for hydroxylation is 2. The Labute approximate surface area is 160 Å². The summed E-state index contributed by atoms with van der Waals surface area (Å²) in [5.41, 5.74) is 2.83. The Kier molecular flexibility index (Phi) is 6.44. The third kappa shape index (κ3) is 4.09. The molecule has 0 saturated heterocycles. The zero-order valence-corrected chi connectivity index (χ0v) is 16.9. The smallest absolute Gasteiger partial charge is 0.255 e. The van der Waals surface area contributed by atoms with Crippen molar-refractivity contribution in [2.24, 2.45) is 0 Å². The van der Waals surface area contributed by atoms with E-state index >= 15 is 0 Å². The Balaban J connectivity index is 2.42. The SMILES string of the molecule is CCN(CC)S(=O)(=O)c1cc(C(=O)Nc2c(C)cccc2C)ccc1Cl. The van der Waals surface area contributed by atoms with Gasteiger partial charge in [-0.3, -0.25) is 4.79 Å². The van der Waals surface area contributed by atoms with Gasteiger partial charge in [0.15, 0.2) is 0 Å². The van der Waals surface area contributed by atoms with Crippen LogP contribution in [0.15, 0.2) is 41.3 Å². The lowest BCUT2D eigenvalue weighted by molar-refractivity contribution is 0.102. The Morgan fingerprint density at radius 1 is 1.08 bits per heavy atom. The third-order valence-corrected chi connectivity index (χ3v) is 6.77. The van der Waals surface area contributed by atoms with Crippen LogP contribution in [0.5, 0.6) is 0 Å². The number of carbonyl (C=O) groups excluding carboxylic acids is 1. The maximum absolute atomic E-state index is 12.8. The highest BCUT2D eigenvalue weighted by Crippen LogP contribution is 2.27. The van der Waals surface area contributed by atoms with Crippen LogP contribution in [0, 0.1) is 13.8 Å². The molecule has 0 aliphatic heterocycles. The minimum atomic E-state index is -3.76. The molecule has 0 bridgehead atoms. The second-order valence-corrected chi connectivity index (χ2v) is 8.27. The molecule has 0 saturated carbocycles. The number of rotatable bonds is 6. The Morgan fingerprint density at radius 3 is 2.19 bits per heavy atom. The molecule has 0 fully saturated rings. The van der Waals surface area contributed by atoms with Gasteiger partial charge in [-0.25, -0.2) is 8.42 Å². The van der Waals surface area contributed by atoms with Gasteiger partial charge < -0.3 is 5.32 Å². The van der Waals surface area contributed by atoms with Crippen molar-refractivity contribution in [1.82, 2.24) is 4.31 Å². The van der Waals surface area contributed by atoms with Crippen LogP contribution >= 0.6 is 11.6 Å². The highest BCUT2D eigenvalue weighted by Gasteiger charge is 2.25. The molecule has 0 aliphatic carbocycles. The minimum absolute atomic E-state index is 0.0583. The molecular formula is C19H23ClN2O3S. The van der Waals surface area contributed by atoms with E-state index in [-0.39, 0.29) is 21.4 Å². The number of benzene rings is 2. The highest BCUT2D eigenvalue weighted by molar-refractivity contribution is 7.89. The van der Waals surface area contributed by atoms with E-state index in [1.165, 1.54) is 22.5 Å². The number of nitrogens with one attached hydrogen (secondary N) is 1. The van der Waals surface area contributed by atoms with Crippen LogP contribution in [-0.2, 0) is 10.0 Å². The molecule has 7 heteroatoms. The monoisotopic (exact) mass is 394 g/mol. The average Bonchev–Trinajstić information content (AvgIpc) is 2.59. The summed E-state index contributed by atoms with van der Waals surface area (Å²) >= 11 is 6.12. The predicted octanol–water partition coefficient (Wildman–Crippen LogP) is 4.24. The van der Waals surface area contributed by atoms with E-state index in [1.807, 2.05) is 32.0 Å². The summed E-state index contributed by atoms with van der Waals surface area (Å²) in [6.45, 7) is 7.97. The van der Waals surface area contributed by atoms with Crippen molar-refractivity contribution in [1.29, 1.82) is 0 Å². The molecule has 0 atom stereocenters. The molecule has 5 nitrogen and oxygen atoms in total. The Hall–Kier alpha value is -1.89. The molecule has 1 N–H and O–H groups in total. The zero-order valence-electron chi connectivity index (χ0n) is 15.3. The first-order valence-corrected chi connectivity index (χ1v) is 10.2. The van der Waals surface area contributed by atoms with Crippen LogP contribution in [0.25, 0.3) is 0 Å². The summed E-state index contributed by atoms with van der Waals surface area (Å²) < 4.78 is 26.8. The summed E-state index contributed by atoms with van der Waals surface area (Å²) in [5.74, 6) is -0.380. The van der Waals surface area contributed by atoms with Gasteiger partial charge in [0.25, 0.3) is 5.91 Å². The number of amides is 1. The standard InChI is InChI=1S/C19H23ClN2O3S/c1-5-22(6-2)26(24,25)17-12-15(10-11-16(17)20)19(23)21-18-13(3)8-7-9-14(18)4/h7-12H,5-6H2,1-4H3,(H,21,23). The van der Waals surface area contributed by atoms with Crippen LogP contribution in [0.4, 0.5) is 5.69 Å². The molecule has 0 spiro atoms. The third-order valence-electron chi connectivity index (χ3n) is 4.24. The van der Waals surface area contributed by atoms with Gasteiger partial charge in [-0.2, -0.15) is 4.31 Å². The van der Waals surface area contributed by atoms with Crippen LogP contribution in [0.3, 0.4) is 0 Å². The molecule has 0 unspecified atom stereocenters. The van der Waals surface area contributed by atoms with Gasteiger partial charge in [-0.05, 0) is 43.2 Å².